The molecule has 0 aliphatic carbocycles. The smallest absolute Gasteiger partial charge is 0.229 e. The maximum Gasteiger partial charge on any atom is 0.240 e. The maximum atomic E-state index is 12.1. The predicted molar refractivity (Wildman–Crippen MR) is 73.4 cm³/mol. The van der Waals surface area contributed by atoms with Crippen LogP contribution in [0.25, 0.3) is 0 Å². The SMILES string of the molecule is O=S1(=O)CCC(NS(=O)(=O)c2cccc(CCl)c2)C1. The first kappa shape index (κ1) is 14.8. The number of sulfonamides is 1. The summed E-state index contributed by atoms with van der Waals surface area (Å²) in [7, 11) is -6.81. The fourth-order valence-corrected chi connectivity index (χ4v) is 5.26. The maximum absolute atomic E-state index is 12.1. The highest BCUT2D eigenvalue weighted by Crippen LogP contribution is 2.17. The van der Waals surface area contributed by atoms with Crippen molar-refractivity contribution in [3.05, 3.63) is 29.8 Å². The number of nitrogens with one attached hydrogen (secondary N) is 1. The van der Waals surface area contributed by atoms with Crippen LogP contribution in [0.2, 0.25) is 0 Å². The quantitative estimate of drug-likeness (QED) is 0.834. The predicted octanol–water partition coefficient (Wildman–Crippen LogP) is 0.891. The zero-order valence-electron chi connectivity index (χ0n) is 10.0. The number of hydrogen-bond acceptors (Lipinski definition) is 4. The summed E-state index contributed by atoms with van der Waals surface area (Å²) >= 11 is 5.66. The second kappa shape index (κ2) is 5.40. The zero-order valence-corrected chi connectivity index (χ0v) is 12.4. The Morgan fingerprint density at radius 2 is 2.11 bits per heavy atom. The van der Waals surface area contributed by atoms with E-state index in [0.29, 0.717) is 12.0 Å². The number of alkyl halides is 1. The molecule has 1 fully saturated rings. The van der Waals surface area contributed by atoms with Crippen molar-refractivity contribution in [1.82, 2.24) is 4.72 Å². The van der Waals surface area contributed by atoms with Crippen LogP contribution in [0.15, 0.2) is 29.2 Å². The normalized spacial score (nSPS) is 22.5. The van der Waals surface area contributed by atoms with Gasteiger partial charge in [-0.2, -0.15) is 0 Å². The molecule has 0 radical (unpaired) electrons. The molecule has 1 aliphatic heterocycles. The van der Waals surface area contributed by atoms with E-state index in [1.54, 1.807) is 12.1 Å². The van der Waals surface area contributed by atoms with Gasteiger partial charge in [0.2, 0.25) is 10.0 Å². The van der Waals surface area contributed by atoms with Gasteiger partial charge in [-0.15, -0.1) is 11.6 Å². The lowest BCUT2D eigenvalue weighted by molar-refractivity contribution is 0.562. The van der Waals surface area contributed by atoms with Gasteiger partial charge in [0.25, 0.3) is 0 Å². The van der Waals surface area contributed by atoms with Gasteiger partial charge in [0.05, 0.1) is 16.4 Å². The Morgan fingerprint density at radius 1 is 1.37 bits per heavy atom. The minimum Gasteiger partial charge on any atom is -0.229 e. The van der Waals surface area contributed by atoms with Crippen LogP contribution in [0.4, 0.5) is 0 Å². The molecule has 5 nitrogen and oxygen atoms in total. The summed E-state index contributed by atoms with van der Waals surface area (Å²) in [5, 5.41) is 0. The van der Waals surface area contributed by atoms with Crippen LogP contribution in [-0.4, -0.2) is 34.4 Å². The van der Waals surface area contributed by atoms with E-state index in [-0.39, 0.29) is 22.3 Å². The van der Waals surface area contributed by atoms with E-state index in [2.05, 4.69) is 4.72 Å². The van der Waals surface area contributed by atoms with Crippen LogP contribution in [-0.2, 0) is 25.7 Å². The number of hydrogen-bond donors (Lipinski definition) is 1. The topological polar surface area (TPSA) is 80.3 Å². The highest BCUT2D eigenvalue weighted by atomic mass is 35.5. The third-order valence-electron chi connectivity index (χ3n) is 2.92. The monoisotopic (exact) mass is 323 g/mol. The Labute approximate surface area is 117 Å². The number of rotatable bonds is 4. The molecule has 2 rings (SSSR count). The van der Waals surface area contributed by atoms with E-state index in [1.165, 1.54) is 12.1 Å². The van der Waals surface area contributed by atoms with Crippen molar-refractivity contribution in [3.8, 4) is 0 Å². The summed E-state index contributed by atoms with van der Waals surface area (Å²) < 4.78 is 49.3. The molecule has 1 aromatic carbocycles. The van der Waals surface area contributed by atoms with Crippen LogP contribution >= 0.6 is 11.6 Å². The van der Waals surface area contributed by atoms with Crippen molar-refractivity contribution in [1.29, 1.82) is 0 Å². The lowest BCUT2D eigenvalue weighted by Gasteiger charge is -2.12. The summed E-state index contributed by atoms with van der Waals surface area (Å²) in [5.41, 5.74) is 0.698. The van der Waals surface area contributed by atoms with E-state index in [9.17, 15) is 16.8 Å². The van der Waals surface area contributed by atoms with E-state index < -0.39 is 25.9 Å². The van der Waals surface area contributed by atoms with E-state index in [0.717, 1.165) is 0 Å². The summed E-state index contributed by atoms with van der Waals surface area (Å²) in [6, 6.07) is 5.74. The molecule has 1 aliphatic rings. The minimum atomic E-state index is -3.70. The number of benzene rings is 1. The molecule has 0 saturated carbocycles. The lowest BCUT2D eigenvalue weighted by atomic mass is 10.2. The van der Waals surface area contributed by atoms with Gasteiger partial charge in [-0.3, -0.25) is 0 Å². The highest BCUT2D eigenvalue weighted by Gasteiger charge is 2.31. The van der Waals surface area contributed by atoms with Gasteiger partial charge in [-0.25, -0.2) is 21.6 Å². The fraction of sp³-hybridized carbons (Fsp3) is 0.455. The molecular weight excluding hydrogens is 310 g/mol. The molecule has 106 valence electrons. The van der Waals surface area contributed by atoms with Crippen LogP contribution in [0.3, 0.4) is 0 Å². The Hall–Kier alpha value is -0.630. The fourth-order valence-electron chi connectivity index (χ4n) is 1.97. The highest BCUT2D eigenvalue weighted by molar-refractivity contribution is 7.92. The molecule has 1 saturated heterocycles. The van der Waals surface area contributed by atoms with E-state index in [1.807, 2.05) is 0 Å². The first-order chi connectivity index (χ1) is 8.82. The van der Waals surface area contributed by atoms with Crippen LogP contribution in [0.1, 0.15) is 12.0 Å². The zero-order chi connectivity index (χ0) is 14.1. The molecule has 1 heterocycles. The Kier molecular flexibility index (Phi) is 4.20. The summed E-state index contributed by atoms with van der Waals surface area (Å²) in [6.07, 6.45) is 0.316. The van der Waals surface area contributed by atoms with Crippen molar-refractivity contribution in [2.45, 2.75) is 23.2 Å². The van der Waals surface area contributed by atoms with Crippen LogP contribution in [0.5, 0.6) is 0 Å². The molecule has 0 spiro atoms. The Bertz CT molecular complexity index is 670. The molecule has 19 heavy (non-hydrogen) atoms. The second-order valence-corrected chi connectivity index (χ2v) is 8.71. The molecule has 1 unspecified atom stereocenters. The van der Waals surface area contributed by atoms with Gasteiger partial charge >= 0.3 is 0 Å². The van der Waals surface area contributed by atoms with Gasteiger partial charge < -0.3 is 0 Å². The van der Waals surface area contributed by atoms with E-state index in [4.69, 9.17) is 11.6 Å². The van der Waals surface area contributed by atoms with Gasteiger partial charge in [0.15, 0.2) is 9.84 Å². The average Bonchev–Trinajstić information content (AvgIpc) is 2.68. The van der Waals surface area contributed by atoms with Crippen molar-refractivity contribution in [2.24, 2.45) is 0 Å². The summed E-state index contributed by atoms with van der Waals surface area (Å²) in [5.74, 6) is 0.116. The van der Waals surface area contributed by atoms with E-state index >= 15 is 0 Å². The first-order valence-electron chi connectivity index (χ1n) is 5.70. The minimum absolute atomic E-state index is 0.0297. The van der Waals surface area contributed by atoms with Crippen molar-refractivity contribution in [3.63, 3.8) is 0 Å². The third kappa shape index (κ3) is 3.68. The Balaban J connectivity index is 2.19. The summed E-state index contributed by atoms with van der Waals surface area (Å²) in [6.45, 7) is 0. The van der Waals surface area contributed by atoms with Gasteiger partial charge in [-0.05, 0) is 24.1 Å². The molecular formula is C11H14ClNO4S2. The average molecular weight is 324 g/mol. The molecule has 0 aromatic heterocycles. The van der Waals surface area contributed by atoms with Crippen molar-refractivity contribution >= 4 is 31.5 Å². The molecule has 1 atom stereocenters. The van der Waals surface area contributed by atoms with Crippen molar-refractivity contribution in [2.75, 3.05) is 11.5 Å². The van der Waals surface area contributed by atoms with Gasteiger partial charge in [0.1, 0.15) is 0 Å². The molecule has 1 aromatic rings. The second-order valence-electron chi connectivity index (χ2n) is 4.50. The van der Waals surface area contributed by atoms with Crippen LogP contribution in [0, 0.1) is 0 Å². The number of halogens is 1. The molecule has 0 amide bonds. The van der Waals surface area contributed by atoms with Gasteiger partial charge in [0, 0.05) is 11.9 Å². The standard InChI is InChI=1S/C11H14ClNO4S2/c12-7-9-2-1-3-11(6-9)19(16,17)13-10-4-5-18(14,15)8-10/h1-3,6,10,13H,4-5,7-8H2. The lowest BCUT2D eigenvalue weighted by Crippen LogP contribution is -2.35. The molecule has 0 bridgehead atoms. The number of sulfone groups is 1. The molecule has 1 N–H and O–H groups in total. The van der Waals surface area contributed by atoms with Crippen molar-refractivity contribution < 1.29 is 16.8 Å². The first-order valence-corrected chi connectivity index (χ1v) is 9.54. The largest absolute Gasteiger partial charge is 0.240 e. The Morgan fingerprint density at radius 3 is 2.68 bits per heavy atom. The van der Waals surface area contributed by atoms with Gasteiger partial charge in [-0.1, -0.05) is 12.1 Å². The molecule has 8 heteroatoms. The van der Waals surface area contributed by atoms with Crippen LogP contribution < -0.4 is 4.72 Å². The summed E-state index contributed by atoms with van der Waals surface area (Å²) in [4.78, 5) is 0.106. The third-order valence-corrected chi connectivity index (χ3v) is 6.51.